The van der Waals surface area contributed by atoms with Gasteiger partial charge in [0.2, 0.25) is 0 Å². The van der Waals surface area contributed by atoms with Crippen molar-refractivity contribution in [3.8, 4) is 17.2 Å². The molecule has 0 fully saturated rings. The number of ether oxygens (including phenoxy) is 2. The van der Waals surface area contributed by atoms with Crippen LogP contribution < -0.4 is 14.8 Å². The van der Waals surface area contributed by atoms with Crippen LogP contribution in [0, 0.1) is 5.82 Å². The maximum Gasteiger partial charge on any atom is 0.272 e. The zero-order chi connectivity index (χ0) is 19.8. The van der Waals surface area contributed by atoms with E-state index in [1.165, 1.54) is 6.07 Å². The van der Waals surface area contributed by atoms with Crippen molar-refractivity contribution in [1.29, 1.82) is 0 Å². The Morgan fingerprint density at radius 1 is 1.10 bits per heavy atom. The molecule has 5 rings (SSSR count). The van der Waals surface area contributed by atoms with Gasteiger partial charge in [0.15, 0.2) is 17.2 Å². The Labute approximate surface area is 167 Å². The molecule has 2 aromatic carbocycles. The Balaban J connectivity index is 1.38. The molecule has 1 amide bonds. The Morgan fingerprint density at radius 2 is 1.93 bits per heavy atom. The molecule has 0 atom stereocenters. The summed E-state index contributed by atoms with van der Waals surface area (Å²) in [6, 6.07) is 12.1. The monoisotopic (exact) mass is 393 g/mol. The third-order valence-corrected chi connectivity index (χ3v) is 5.29. The van der Waals surface area contributed by atoms with E-state index in [0.717, 1.165) is 36.1 Å². The fraction of sp³-hybridized carbons (Fsp3) is 0.273. The van der Waals surface area contributed by atoms with E-state index in [0.29, 0.717) is 42.6 Å². The van der Waals surface area contributed by atoms with E-state index in [4.69, 9.17) is 9.47 Å². The van der Waals surface area contributed by atoms with E-state index < -0.39 is 0 Å². The molecule has 6 nitrogen and oxygen atoms in total. The summed E-state index contributed by atoms with van der Waals surface area (Å²) in [4.78, 5) is 12.9. The predicted octanol–water partition coefficient (Wildman–Crippen LogP) is 3.20. The lowest BCUT2D eigenvalue weighted by atomic mass is 10.1. The third kappa shape index (κ3) is 3.22. The van der Waals surface area contributed by atoms with Crippen molar-refractivity contribution < 1.29 is 18.7 Å². The Kier molecular flexibility index (Phi) is 4.42. The van der Waals surface area contributed by atoms with Gasteiger partial charge in [-0.05, 0) is 49.1 Å². The number of benzene rings is 2. The van der Waals surface area contributed by atoms with Crippen molar-refractivity contribution in [3.63, 3.8) is 0 Å². The van der Waals surface area contributed by atoms with Gasteiger partial charge < -0.3 is 14.8 Å². The summed E-state index contributed by atoms with van der Waals surface area (Å²) in [6.45, 7) is 1.40. The first-order chi connectivity index (χ1) is 14.2. The molecule has 3 aromatic rings. The van der Waals surface area contributed by atoms with Crippen LogP contribution in [-0.4, -0.2) is 28.9 Å². The SMILES string of the molecule is O=C(NCc1ccc2c(c1)OCCO2)c1nn(-c2ccccc2F)c2c1CCC2. The van der Waals surface area contributed by atoms with Crippen LogP contribution in [0.2, 0.25) is 0 Å². The minimum atomic E-state index is -0.354. The van der Waals surface area contributed by atoms with Gasteiger partial charge in [0.05, 0.1) is 0 Å². The molecule has 0 saturated carbocycles. The topological polar surface area (TPSA) is 65.4 Å². The summed E-state index contributed by atoms with van der Waals surface area (Å²) in [6.07, 6.45) is 2.49. The number of halogens is 1. The van der Waals surface area contributed by atoms with Gasteiger partial charge in [-0.3, -0.25) is 4.79 Å². The first-order valence-corrected chi connectivity index (χ1v) is 9.73. The quantitative estimate of drug-likeness (QED) is 0.739. The molecule has 1 aromatic heterocycles. The summed E-state index contributed by atoms with van der Waals surface area (Å²) < 4.78 is 27.0. The lowest BCUT2D eigenvalue weighted by Gasteiger charge is -2.18. The number of carbonyl (C=O) groups is 1. The van der Waals surface area contributed by atoms with Crippen LogP contribution in [0.3, 0.4) is 0 Å². The first kappa shape index (κ1) is 17.7. The van der Waals surface area contributed by atoms with Crippen LogP contribution in [0.25, 0.3) is 5.69 Å². The average molecular weight is 393 g/mol. The van der Waals surface area contributed by atoms with E-state index >= 15 is 0 Å². The van der Waals surface area contributed by atoms with E-state index in [1.807, 2.05) is 18.2 Å². The molecular weight excluding hydrogens is 373 g/mol. The van der Waals surface area contributed by atoms with Crippen LogP contribution in [0.1, 0.15) is 33.7 Å². The Hall–Kier alpha value is -3.35. The van der Waals surface area contributed by atoms with Crippen molar-refractivity contribution in [2.45, 2.75) is 25.8 Å². The molecule has 0 radical (unpaired) electrons. The summed E-state index contributed by atoms with van der Waals surface area (Å²) in [5.74, 6) is 0.793. The second-order valence-corrected chi connectivity index (χ2v) is 7.15. The molecule has 0 spiro atoms. The molecule has 1 aliphatic heterocycles. The summed E-state index contributed by atoms with van der Waals surface area (Å²) >= 11 is 0. The van der Waals surface area contributed by atoms with E-state index in [2.05, 4.69) is 10.4 Å². The summed E-state index contributed by atoms with van der Waals surface area (Å²) in [5.41, 5.74) is 3.48. The largest absolute Gasteiger partial charge is 0.486 e. The highest BCUT2D eigenvalue weighted by molar-refractivity contribution is 5.94. The van der Waals surface area contributed by atoms with Crippen LogP contribution in [0.5, 0.6) is 11.5 Å². The number of amides is 1. The molecule has 7 heteroatoms. The minimum Gasteiger partial charge on any atom is -0.486 e. The maximum atomic E-state index is 14.3. The lowest BCUT2D eigenvalue weighted by molar-refractivity contribution is 0.0944. The van der Waals surface area contributed by atoms with Crippen LogP contribution in [0.4, 0.5) is 4.39 Å². The lowest BCUT2D eigenvalue weighted by Crippen LogP contribution is -2.24. The van der Waals surface area contributed by atoms with Crippen molar-refractivity contribution in [2.24, 2.45) is 0 Å². The molecule has 0 unspecified atom stereocenters. The minimum absolute atomic E-state index is 0.256. The number of rotatable bonds is 4. The van der Waals surface area contributed by atoms with Crippen molar-refractivity contribution >= 4 is 5.91 Å². The van der Waals surface area contributed by atoms with E-state index in [9.17, 15) is 9.18 Å². The normalized spacial score (nSPS) is 14.5. The van der Waals surface area contributed by atoms with Gasteiger partial charge in [0, 0.05) is 17.8 Å². The third-order valence-electron chi connectivity index (χ3n) is 5.29. The fourth-order valence-corrected chi connectivity index (χ4v) is 3.91. The number of hydrogen-bond donors (Lipinski definition) is 1. The zero-order valence-electron chi connectivity index (χ0n) is 15.8. The van der Waals surface area contributed by atoms with Gasteiger partial charge in [-0.15, -0.1) is 0 Å². The number of nitrogens with zero attached hydrogens (tertiary/aromatic N) is 2. The van der Waals surface area contributed by atoms with Crippen LogP contribution >= 0.6 is 0 Å². The zero-order valence-corrected chi connectivity index (χ0v) is 15.8. The highest BCUT2D eigenvalue weighted by atomic mass is 19.1. The number of hydrogen-bond acceptors (Lipinski definition) is 4. The van der Waals surface area contributed by atoms with Gasteiger partial charge in [-0.1, -0.05) is 18.2 Å². The highest BCUT2D eigenvalue weighted by Gasteiger charge is 2.27. The van der Waals surface area contributed by atoms with Gasteiger partial charge in [-0.25, -0.2) is 9.07 Å². The molecular formula is C22H20FN3O3. The number of para-hydroxylation sites is 1. The molecule has 1 N–H and O–H groups in total. The Morgan fingerprint density at radius 3 is 2.79 bits per heavy atom. The Bertz CT molecular complexity index is 1090. The van der Waals surface area contributed by atoms with Gasteiger partial charge in [-0.2, -0.15) is 5.10 Å². The van der Waals surface area contributed by atoms with Crippen molar-refractivity contribution in [2.75, 3.05) is 13.2 Å². The van der Waals surface area contributed by atoms with Gasteiger partial charge in [0.25, 0.3) is 5.91 Å². The smallest absolute Gasteiger partial charge is 0.272 e. The van der Waals surface area contributed by atoms with Crippen molar-refractivity contribution in [1.82, 2.24) is 15.1 Å². The number of fused-ring (bicyclic) bond motifs is 2. The number of nitrogens with one attached hydrogen (secondary N) is 1. The number of carbonyl (C=O) groups excluding carboxylic acids is 1. The van der Waals surface area contributed by atoms with Gasteiger partial charge >= 0.3 is 0 Å². The maximum absolute atomic E-state index is 14.3. The molecule has 0 bridgehead atoms. The molecule has 29 heavy (non-hydrogen) atoms. The number of aromatic nitrogens is 2. The predicted molar refractivity (Wildman–Crippen MR) is 104 cm³/mol. The van der Waals surface area contributed by atoms with Gasteiger partial charge in [0.1, 0.15) is 24.7 Å². The molecule has 148 valence electrons. The molecule has 2 aliphatic rings. The first-order valence-electron chi connectivity index (χ1n) is 9.73. The highest BCUT2D eigenvalue weighted by Crippen LogP contribution is 2.31. The average Bonchev–Trinajstić information content (AvgIpc) is 3.35. The molecule has 1 aliphatic carbocycles. The molecule has 0 saturated heterocycles. The summed E-state index contributed by atoms with van der Waals surface area (Å²) in [5, 5.41) is 7.39. The van der Waals surface area contributed by atoms with Crippen LogP contribution in [0.15, 0.2) is 42.5 Å². The molecule has 2 heterocycles. The van der Waals surface area contributed by atoms with E-state index in [1.54, 1.807) is 22.9 Å². The van der Waals surface area contributed by atoms with E-state index in [-0.39, 0.29) is 11.7 Å². The standard InChI is InChI=1S/C22H20FN3O3/c23-16-5-1-2-6-18(16)26-17-7-3-4-15(17)21(25-26)22(27)24-13-14-8-9-19-20(12-14)29-11-10-28-19/h1-2,5-6,8-9,12H,3-4,7,10-11,13H2,(H,24,27). The second kappa shape index (κ2) is 7.24. The van der Waals surface area contributed by atoms with Crippen molar-refractivity contribution in [3.05, 3.63) is 70.8 Å². The fourth-order valence-electron chi connectivity index (χ4n) is 3.91. The van der Waals surface area contributed by atoms with Crippen LogP contribution in [-0.2, 0) is 19.4 Å². The summed E-state index contributed by atoms with van der Waals surface area (Å²) in [7, 11) is 0. The second-order valence-electron chi connectivity index (χ2n) is 7.15.